The first-order chi connectivity index (χ1) is 13.7. The predicted octanol–water partition coefficient (Wildman–Crippen LogP) is 3.68. The Labute approximate surface area is 181 Å². The van der Waals surface area contributed by atoms with Gasteiger partial charge in [-0.15, -0.1) is 0 Å². The highest BCUT2D eigenvalue weighted by atomic mass is 35.5. The minimum atomic E-state index is -3.59. The van der Waals surface area contributed by atoms with Crippen LogP contribution in [0.15, 0.2) is 47.4 Å². The fourth-order valence-electron chi connectivity index (χ4n) is 3.22. The molecule has 0 bridgehead atoms. The van der Waals surface area contributed by atoms with Crippen LogP contribution >= 0.6 is 23.2 Å². The molecule has 0 spiro atoms. The van der Waals surface area contributed by atoms with E-state index in [9.17, 15) is 13.2 Å². The zero-order valence-electron chi connectivity index (χ0n) is 16.0. The van der Waals surface area contributed by atoms with Crippen LogP contribution in [-0.4, -0.2) is 44.9 Å². The van der Waals surface area contributed by atoms with Crippen LogP contribution in [0.5, 0.6) is 0 Å². The summed E-state index contributed by atoms with van der Waals surface area (Å²) in [7, 11) is -3.59. The molecule has 1 saturated heterocycles. The summed E-state index contributed by atoms with van der Waals surface area (Å²) in [6.07, 6.45) is 1.26. The third kappa shape index (κ3) is 6.17. The molecule has 156 valence electrons. The molecule has 3 rings (SSSR count). The summed E-state index contributed by atoms with van der Waals surface area (Å²) in [5.41, 5.74) is 1.61. The zero-order chi connectivity index (χ0) is 21.0. The molecule has 0 aromatic heterocycles. The second-order valence-corrected chi connectivity index (χ2v) is 9.71. The maximum Gasteiger partial charge on any atom is 0.240 e. The van der Waals surface area contributed by atoms with Gasteiger partial charge in [0.1, 0.15) is 0 Å². The SMILES string of the molecule is Cc1ccc(NC(=O)CN2CCC(NS(=O)(=O)c3ccc(Cl)cc3)CC2)c(Cl)c1. The van der Waals surface area contributed by atoms with Gasteiger partial charge in [-0.05, 0) is 61.7 Å². The van der Waals surface area contributed by atoms with Gasteiger partial charge in [-0.1, -0.05) is 29.3 Å². The molecule has 1 heterocycles. The summed E-state index contributed by atoms with van der Waals surface area (Å²) >= 11 is 12.0. The Morgan fingerprint density at radius 1 is 1.10 bits per heavy atom. The van der Waals surface area contributed by atoms with Gasteiger partial charge in [-0.2, -0.15) is 0 Å². The van der Waals surface area contributed by atoms with Crippen molar-refractivity contribution < 1.29 is 13.2 Å². The Hall–Kier alpha value is -1.64. The van der Waals surface area contributed by atoms with Crippen LogP contribution in [0.3, 0.4) is 0 Å². The number of likely N-dealkylation sites (tertiary alicyclic amines) is 1. The highest BCUT2D eigenvalue weighted by Crippen LogP contribution is 2.23. The summed E-state index contributed by atoms with van der Waals surface area (Å²) in [4.78, 5) is 14.5. The summed E-state index contributed by atoms with van der Waals surface area (Å²) in [5, 5.41) is 3.82. The lowest BCUT2D eigenvalue weighted by molar-refractivity contribution is -0.117. The third-order valence-electron chi connectivity index (χ3n) is 4.80. The van der Waals surface area contributed by atoms with Crippen LogP contribution in [-0.2, 0) is 14.8 Å². The number of anilines is 1. The number of piperidine rings is 1. The molecule has 0 unspecified atom stereocenters. The minimum absolute atomic E-state index is 0.143. The number of hydrogen-bond donors (Lipinski definition) is 2. The second-order valence-electron chi connectivity index (χ2n) is 7.16. The normalized spacial score (nSPS) is 16.0. The smallest absolute Gasteiger partial charge is 0.240 e. The molecule has 29 heavy (non-hydrogen) atoms. The van der Waals surface area contributed by atoms with E-state index in [2.05, 4.69) is 10.0 Å². The maximum atomic E-state index is 12.5. The molecule has 1 aliphatic heterocycles. The molecule has 9 heteroatoms. The highest BCUT2D eigenvalue weighted by molar-refractivity contribution is 7.89. The number of benzene rings is 2. The molecular formula is C20H23Cl2N3O3S. The van der Waals surface area contributed by atoms with E-state index in [-0.39, 0.29) is 23.4 Å². The first-order valence-corrected chi connectivity index (χ1v) is 11.5. The maximum absolute atomic E-state index is 12.5. The molecule has 6 nitrogen and oxygen atoms in total. The summed E-state index contributed by atoms with van der Waals surface area (Å²) in [6, 6.07) is 11.4. The number of aryl methyl sites for hydroxylation is 1. The van der Waals surface area contributed by atoms with Crippen molar-refractivity contribution >= 4 is 44.8 Å². The van der Waals surface area contributed by atoms with Gasteiger partial charge in [0, 0.05) is 24.2 Å². The van der Waals surface area contributed by atoms with Crippen LogP contribution in [0, 0.1) is 6.92 Å². The van der Waals surface area contributed by atoms with E-state index < -0.39 is 10.0 Å². The van der Waals surface area contributed by atoms with E-state index in [1.165, 1.54) is 12.1 Å². The van der Waals surface area contributed by atoms with Crippen LogP contribution in [0.2, 0.25) is 10.0 Å². The quantitative estimate of drug-likeness (QED) is 0.695. The molecule has 1 aliphatic rings. The standard InChI is InChI=1S/C20H23Cl2N3O3S/c1-14-2-7-19(18(22)12-14)23-20(26)13-25-10-8-16(9-11-25)24-29(27,28)17-5-3-15(21)4-6-17/h2-7,12,16,24H,8-11,13H2,1H3,(H,23,26). The van der Waals surface area contributed by atoms with E-state index in [0.717, 1.165) is 5.56 Å². The Balaban J connectivity index is 1.48. The van der Waals surface area contributed by atoms with E-state index in [4.69, 9.17) is 23.2 Å². The second kappa shape index (κ2) is 9.45. The third-order valence-corrected chi connectivity index (χ3v) is 6.90. The van der Waals surface area contributed by atoms with Crippen LogP contribution in [0.1, 0.15) is 18.4 Å². The molecule has 0 radical (unpaired) electrons. The van der Waals surface area contributed by atoms with Crippen molar-refractivity contribution in [3.63, 3.8) is 0 Å². The molecule has 1 amide bonds. The number of halogens is 2. The number of amides is 1. The van der Waals surface area contributed by atoms with Gasteiger partial charge in [0.15, 0.2) is 0 Å². The van der Waals surface area contributed by atoms with Crippen LogP contribution < -0.4 is 10.0 Å². The van der Waals surface area contributed by atoms with E-state index in [1.54, 1.807) is 24.3 Å². The van der Waals surface area contributed by atoms with E-state index >= 15 is 0 Å². The number of nitrogens with one attached hydrogen (secondary N) is 2. The molecule has 0 saturated carbocycles. The van der Waals surface area contributed by atoms with Gasteiger partial charge in [0.25, 0.3) is 0 Å². The van der Waals surface area contributed by atoms with Crippen molar-refractivity contribution in [1.82, 2.24) is 9.62 Å². The minimum Gasteiger partial charge on any atom is -0.324 e. The van der Waals surface area contributed by atoms with Gasteiger partial charge < -0.3 is 5.32 Å². The Bertz CT molecular complexity index is 973. The molecule has 0 atom stereocenters. The fourth-order valence-corrected chi connectivity index (χ4v) is 4.94. The number of carbonyl (C=O) groups excluding carboxylic acids is 1. The first-order valence-electron chi connectivity index (χ1n) is 9.29. The van der Waals surface area contributed by atoms with Crippen molar-refractivity contribution in [2.75, 3.05) is 25.0 Å². The molecular weight excluding hydrogens is 433 g/mol. The Kier molecular flexibility index (Phi) is 7.19. The molecule has 1 fully saturated rings. The summed E-state index contributed by atoms with van der Waals surface area (Å²) in [6.45, 7) is 3.43. The lowest BCUT2D eigenvalue weighted by Crippen LogP contribution is -2.46. The van der Waals surface area contributed by atoms with Crippen LogP contribution in [0.4, 0.5) is 5.69 Å². The number of nitrogens with zero attached hydrogens (tertiary/aromatic N) is 1. The average Bonchev–Trinajstić information content (AvgIpc) is 2.66. The predicted molar refractivity (Wildman–Crippen MR) is 116 cm³/mol. The molecule has 2 N–H and O–H groups in total. The Morgan fingerprint density at radius 3 is 2.38 bits per heavy atom. The monoisotopic (exact) mass is 455 g/mol. The van der Waals surface area contributed by atoms with Crippen molar-refractivity contribution in [1.29, 1.82) is 0 Å². The van der Waals surface area contributed by atoms with Gasteiger partial charge in [-0.3, -0.25) is 9.69 Å². The molecule has 2 aromatic carbocycles. The van der Waals surface area contributed by atoms with Gasteiger partial charge >= 0.3 is 0 Å². The fraction of sp³-hybridized carbons (Fsp3) is 0.350. The van der Waals surface area contributed by atoms with E-state index in [1.807, 2.05) is 17.9 Å². The van der Waals surface area contributed by atoms with Gasteiger partial charge in [0.05, 0.1) is 22.2 Å². The van der Waals surface area contributed by atoms with E-state index in [0.29, 0.717) is 41.7 Å². The van der Waals surface area contributed by atoms with Crippen molar-refractivity contribution in [3.8, 4) is 0 Å². The van der Waals surface area contributed by atoms with Crippen molar-refractivity contribution in [2.24, 2.45) is 0 Å². The van der Waals surface area contributed by atoms with Crippen molar-refractivity contribution in [3.05, 3.63) is 58.1 Å². The highest BCUT2D eigenvalue weighted by Gasteiger charge is 2.25. The summed E-state index contributed by atoms with van der Waals surface area (Å²) < 4.78 is 27.7. The zero-order valence-corrected chi connectivity index (χ0v) is 18.3. The number of carbonyl (C=O) groups is 1. The van der Waals surface area contributed by atoms with Crippen molar-refractivity contribution in [2.45, 2.75) is 30.7 Å². The Morgan fingerprint density at radius 2 is 1.76 bits per heavy atom. The first kappa shape index (κ1) is 22.1. The molecule has 2 aromatic rings. The number of sulfonamides is 1. The van der Waals surface area contributed by atoms with Gasteiger partial charge in [-0.25, -0.2) is 13.1 Å². The lowest BCUT2D eigenvalue weighted by Gasteiger charge is -2.31. The molecule has 0 aliphatic carbocycles. The summed E-state index contributed by atoms with van der Waals surface area (Å²) in [5.74, 6) is -0.143. The number of hydrogen-bond acceptors (Lipinski definition) is 4. The van der Waals surface area contributed by atoms with Gasteiger partial charge in [0.2, 0.25) is 15.9 Å². The largest absolute Gasteiger partial charge is 0.324 e. The average molecular weight is 456 g/mol. The topological polar surface area (TPSA) is 78.5 Å². The lowest BCUT2D eigenvalue weighted by atomic mass is 10.1. The number of rotatable bonds is 6. The van der Waals surface area contributed by atoms with Crippen LogP contribution in [0.25, 0.3) is 0 Å².